The minimum absolute atomic E-state index is 0.208. The van der Waals surface area contributed by atoms with Crippen molar-refractivity contribution in [3.8, 4) is 0 Å². The highest BCUT2D eigenvalue weighted by atomic mass is 32.2. The lowest BCUT2D eigenvalue weighted by atomic mass is 10.4. The average Bonchev–Trinajstić information content (AvgIpc) is 2.28. The molecule has 0 saturated heterocycles. The van der Waals surface area contributed by atoms with Crippen LogP contribution in [0, 0.1) is 0 Å². The van der Waals surface area contributed by atoms with E-state index in [4.69, 9.17) is 0 Å². The van der Waals surface area contributed by atoms with Gasteiger partial charge < -0.3 is 0 Å². The zero-order valence-electron chi connectivity index (χ0n) is 7.84. The maximum Gasteiger partial charge on any atom is 0.279 e. The molecule has 0 aromatic heterocycles. The third-order valence-electron chi connectivity index (χ3n) is 1.71. The molecule has 1 aliphatic heterocycles. The molecule has 0 bridgehead atoms. The maximum atomic E-state index is 11.3. The van der Waals surface area contributed by atoms with Crippen LogP contribution in [0.2, 0.25) is 0 Å². The summed E-state index contributed by atoms with van der Waals surface area (Å²) in [5, 5.41) is 1.02. The number of rotatable bonds is 3. The van der Waals surface area contributed by atoms with Crippen molar-refractivity contribution in [1.82, 2.24) is 9.03 Å². The van der Waals surface area contributed by atoms with Crippen LogP contribution in [0.25, 0.3) is 0 Å². The van der Waals surface area contributed by atoms with E-state index >= 15 is 0 Å². The minimum Gasteiger partial charge on any atom is -0.224 e. The van der Waals surface area contributed by atoms with Gasteiger partial charge in [0.15, 0.2) is 9.84 Å². The van der Waals surface area contributed by atoms with Crippen LogP contribution in [0.4, 0.5) is 0 Å². The lowest BCUT2D eigenvalue weighted by Crippen LogP contribution is -2.42. The lowest BCUT2D eigenvalue weighted by Gasteiger charge is -2.15. The first-order chi connectivity index (χ1) is 6.23. The second-order valence-electron chi connectivity index (χ2n) is 3.17. The standard InChI is InChI=1S/C6H12N2O4S2/c1-8(2)14(11,12)7-6-3-4-13(9,10)5-6/h3-4,6-7H,5H2,1-2H3. The van der Waals surface area contributed by atoms with Crippen LogP contribution < -0.4 is 4.72 Å². The SMILES string of the molecule is CN(C)S(=O)(=O)NC1C=CS(=O)(=O)C1. The van der Waals surface area contributed by atoms with E-state index in [0.717, 1.165) is 9.71 Å². The molecule has 1 atom stereocenters. The molecule has 0 spiro atoms. The number of sulfone groups is 1. The van der Waals surface area contributed by atoms with E-state index < -0.39 is 26.1 Å². The highest BCUT2D eigenvalue weighted by Crippen LogP contribution is 2.09. The molecule has 0 aromatic rings. The van der Waals surface area contributed by atoms with E-state index in [-0.39, 0.29) is 5.75 Å². The Hall–Kier alpha value is -0.440. The zero-order chi connectivity index (χ0) is 11.0. The average molecular weight is 240 g/mol. The molecule has 6 nitrogen and oxygen atoms in total. The summed E-state index contributed by atoms with van der Waals surface area (Å²) in [7, 11) is -4.04. The quantitative estimate of drug-likeness (QED) is 0.664. The molecule has 0 aromatic carbocycles. The molecule has 1 rings (SSSR count). The van der Waals surface area contributed by atoms with Crippen molar-refractivity contribution in [2.75, 3.05) is 19.8 Å². The number of hydrogen-bond acceptors (Lipinski definition) is 4. The van der Waals surface area contributed by atoms with Crippen LogP contribution in [0.15, 0.2) is 11.5 Å². The van der Waals surface area contributed by atoms with Crippen LogP contribution in [-0.4, -0.2) is 47.0 Å². The Balaban J connectivity index is 2.71. The Morgan fingerprint density at radius 2 is 2.00 bits per heavy atom. The minimum atomic E-state index is -3.56. The molecular formula is C6H12N2O4S2. The molecule has 1 N–H and O–H groups in total. The van der Waals surface area contributed by atoms with Gasteiger partial charge in [-0.25, -0.2) is 8.42 Å². The van der Waals surface area contributed by atoms with Gasteiger partial charge in [-0.1, -0.05) is 6.08 Å². The van der Waals surface area contributed by atoms with Crippen LogP contribution >= 0.6 is 0 Å². The second kappa shape index (κ2) is 3.61. The summed E-state index contributed by atoms with van der Waals surface area (Å²) in [4.78, 5) is 0. The van der Waals surface area contributed by atoms with Gasteiger partial charge in [-0.2, -0.15) is 17.4 Å². The Kier molecular flexibility index (Phi) is 3.00. The first kappa shape index (κ1) is 11.6. The Morgan fingerprint density at radius 1 is 1.43 bits per heavy atom. The fourth-order valence-electron chi connectivity index (χ4n) is 0.946. The van der Waals surface area contributed by atoms with Crippen molar-refractivity contribution in [2.45, 2.75) is 6.04 Å². The summed E-state index contributed by atoms with van der Waals surface area (Å²) < 4.78 is 47.7. The Morgan fingerprint density at radius 3 is 2.36 bits per heavy atom. The van der Waals surface area contributed by atoms with E-state index in [1.165, 1.54) is 20.2 Å². The molecule has 8 heteroatoms. The summed E-state index contributed by atoms with van der Waals surface area (Å²) in [6.45, 7) is 0. The van der Waals surface area contributed by atoms with E-state index in [1.807, 2.05) is 0 Å². The van der Waals surface area contributed by atoms with Gasteiger partial charge in [-0.15, -0.1) is 0 Å². The fraction of sp³-hybridized carbons (Fsp3) is 0.667. The topological polar surface area (TPSA) is 83.6 Å². The van der Waals surface area contributed by atoms with Gasteiger partial charge in [0, 0.05) is 19.5 Å². The summed E-state index contributed by atoms with van der Waals surface area (Å²) >= 11 is 0. The molecule has 1 aliphatic rings. The highest BCUT2D eigenvalue weighted by Gasteiger charge is 2.26. The zero-order valence-corrected chi connectivity index (χ0v) is 9.47. The van der Waals surface area contributed by atoms with Crippen molar-refractivity contribution in [1.29, 1.82) is 0 Å². The van der Waals surface area contributed by atoms with Crippen LogP contribution in [0.1, 0.15) is 0 Å². The highest BCUT2D eigenvalue weighted by molar-refractivity contribution is 7.94. The van der Waals surface area contributed by atoms with Crippen molar-refractivity contribution < 1.29 is 16.8 Å². The van der Waals surface area contributed by atoms with Crippen molar-refractivity contribution >= 4 is 20.0 Å². The van der Waals surface area contributed by atoms with Gasteiger partial charge >= 0.3 is 0 Å². The third kappa shape index (κ3) is 2.77. The van der Waals surface area contributed by atoms with Crippen molar-refractivity contribution in [2.24, 2.45) is 0 Å². The summed E-state index contributed by atoms with van der Waals surface area (Å²) in [6, 6.07) is -0.660. The van der Waals surface area contributed by atoms with Crippen LogP contribution in [-0.2, 0) is 20.0 Å². The van der Waals surface area contributed by atoms with E-state index in [9.17, 15) is 16.8 Å². The van der Waals surface area contributed by atoms with Crippen molar-refractivity contribution in [3.05, 3.63) is 11.5 Å². The molecule has 1 unspecified atom stereocenters. The summed E-state index contributed by atoms with van der Waals surface area (Å²) in [5.41, 5.74) is 0. The molecule has 0 saturated carbocycles. The predicted molar refractivity (Wildman–Crippen MR) is 52.5 cm³/mol. The summed E-state index contributed by atoms with van der Waals surface area (Å²) in [5.74, 6) is -0.208. The van der Waals surface area contributed by atoms with Crippen LogP contribution in [0.5, 0.6) is 0 Å². The fourth-order valence-corrected chi connectivity index (χ4v) is 3.04. The number of nitrogens with zero attached hydrogens (tertiary/aromatic N) is 1. The van der Waals surface area contributed by atoms with Crippen LogP contribution in [0.3, 0.4) is 0 Å². The smallest absolute Gasteiger partial charge is 0.224 e. The molecule has 0 amide bonds. The molecule has 0 fully saturated rings. The first-order valence-corrected chi connectivity index (χ1v) is 6.99. The monoisotopic (exact) mass is 240 g/mol. The lowest BCUT2D eigenvalue weighted by molar-refractivity contribution is 0.501. The molecule has 0 radical (unpaired) electrons. The first-order valence-electron chi connectivity index (χ1n) is 3.84. The largest absolute Gasteiger partial charge is 0.279 e. The molecule has 14 heavy (non-hydrogen) atoms. The molecule has 0 aliphatic carbocycles. The molecule has 1 heterocycles. The predicted octanol–water partition coefficient (Wildman–Crippen LogP) is -1.31. The summed E-state index contributed by atoms with van der Waals surface area (Å²) in [6.07, 6.45) is 1.33. The Labute approximate surface area is 83.7 Å². The van der Waals surface area contributed by atoms with Crippen molar-refractivity contribution in [3.63, 3.8) is 0 Å². The van der Waals surface area contributed by atoms with E-state index in [0.29, 0.717) is 0 Å². The number of nitrogens with one attached hydrogen (secondary N) is 1. The van der Waals surface area contributed by atoms with Gasteiger partial charge in [0.25, 0.3) is 10.2 Å². The van der Waals surface area contributed by atoms with Gasteiger partial charge in [-0.3, -0.25) is 0 Å². The van der Waals surface area contributed by atoms with Gasteiger partial charge in [0.1, 0.15) is 0 Å². The second-order valence-corrected chi connectivity index (χ2v) is 7.02. The van der Waals surface area contributed by atoms with E-state index in [1.54, 1.807) is 0 Å². The van der Waals surface area contributed by atoms with Gasteiger partial charge in [0.05, 0.1) is 11.8 Å². The number of hydrogen-bond donors (Lipinski definition) is 1. The third-order valence-corrected chi connectivity index (χ3v) is 4.67. The Bertz CT molecular complexity index is 434. The van der Waals surface area contributed by atoms with Gasteiger partial charge in [0.2, 0.25) is 0 Å². The van der Waals surface area contributed by atoms with Gasteiger partial charge in [-0.05, 0) is 0 Å². The normalized spacial score (nSPS) is 25.8. The molecular weight excluding hydrogens is 228 g/mol. The van der Waals surface area contributed by atoms with E-state index in [2.05, 4.69) is 4.72 Å². The molecule has 82 valence electrons. The maximum absolute atomic E-state index is 11.3.